The third-order valence-electron chi connectivity index (χ3n) is 5.48. The van der Waals surface area contributed by atoms with Crippen LogP contribution in [0.3, 0.4) is 0 Å². The molecule has 2 heterocycles. The van der Waals surface area contributed by atoms with Crippen molar-refractivity contribution in [2.24, 2.45) is 0 Å². The lowest BCUT2D eigenvalue weighted by atomic mass is 9.86. The first kappa shape index (κ1) is 22.5. The molecule has 0 bridgehead atoms. The summed E-state index contributed by atoms with van der Waals surface area (Å²) >= 11 is 0. The number of ether oxygens (including phenoxy) is 1. The van der Waals surface area contributed by atoms with Crippen molar-refractivity contribution in [3.63, 3.8) is 0 Å². The molecule has 2 aromatic carbocycles. The highest BCUT2D eigenvalue weighted by Gasteiger charge is 2.41. The summed E-state index contributed by atoms with van der Waals surface area (Å²) in [5.41, 5.74) is -2.42. The SMILES string of the molecule is CC(n1cnc2cc(OCCF)ccc2c1=O)C(O)(Cn1cncn1)c1ccc(F)cc1F. The average Bonchev–Trinajstić information content (AvgIpc) is 3.30. The highest BCUT2D eigenvalue weighted by atomic mass is 19.1. The van der Waals surface area contributed by atoms with E-state index in [1.54, 1.807) is 0 Å². The van der Waals surface area contributed by atoms with Crippen molar-refractivity contribution >= 4 is 10.9 Å². The van der Waals surface area contributed by atoms with E-state index in [0.717, 1.165) is 12.1 Å². The molecule has 0 saturated heterocycles. The number of aromatic nitrogens is 5. The van der Waals surface area contributed by atoms with Crippen molar-refractivity contribution in [2.75, 3.05) is 13.3 Å². The number of benzene rings is 2. The van der Waals surface area contributed by atoms with Crippen LogP contribution in [0.4, 0.5) is 13.2 Å². The summed E-state index contributed by atoms with van der Waals surface area (Å²) in [6, 6.07) is 6.27. The Balaban J connectivity index is 1.80. The van der Waals surface area contributed by atoms with Gasteiger partial charge in [-0.25, -0.2) is 27.8 Å². The molecule has 0 aliphatic heterocycles. The summed E-state index contributed by atoms with van der Waals surface area (Å²) in [5, 5.41) is 15.9. The van der Waals surface area contributed by atoms with Crippen LogP contribution in [0, 0.1) is 11.6 Å². The predicted molar refractivity (Wildman–Crippen MR) is 112 cm³/mol. The minimum absolute atomic E-state index is 0.127. The molecule has 2 unspecified atom stereocenters. The van der Waals surface area contributed by atoms with Crippen LogP contribution in [0.5, 0.6) is 5.75 Å². The maximum absolute atomic E-state index is 14.8. The van der Waals surface area contributed by atoms with E-state index in [9.17, 15) is 23.1 Å². The smallest absolute Gasteiger partial charge is 0.261 e. The maximum atomic E-state index is 14.8. The van der Waals surface area contributed by atoms with Gasteiger partial charge in [0.05, 0.1) is 29.8 Å². The highest BCUT2D eigenvalue weighted by molar-refractivity contribution is 5.78. The number of nitrogens with zero attached hydrogens (tertiary/aromatic N) is 5. The number of rotatable bonds is 8. The van der Waals surface area contributed by atoms with Gasteiger partial charge in [-0.3, -0.25) is 9.36 Å². The molecule has 2 atom stereocenters. The minimum Gasteiger partial charge on any atom is -0.491 e. The molecule has 0 saturated carbocycles. The highest BCUT2D eigenvalue weighted by Crippen LogP contribution is 2.36. The van der Waals surface area contributed by atoms with Gasteiger partial charge in [-0.1, -0.05) is 6.07 Å². The van der Waals surface area contributed by atoms with E-state index in [0.29, 0.717) is 17.3 Å². The van der Waals surface area contributed by atoms with Crippen LogP contribution in [0.1, 0.15) is 18.5 Å². The van der Waals surface area contributed by atoms with E-state index in [4.69, 9.17) is 4.74 Å². The van der Waals surface area contributed by atoms with Crippen molar-refractivity contribution in [3.05, 3.63) is 82.9 Å². The first-order chi connectivity index (χ1) is 15.8. The van der Waals surface area contributed by atoms with Gasteiger partial charge < -0.3 is 9.84 Å². The predicted octanol–water partition coefficient (Wildman–Crippen LogP) is 2.76. The number of aliphatic hydroxyl groups is 1. The van der Waals surface area contributed by atoms with E-state index < -0.39 is 35.5 Å². The fraction of sp³-hybridized carbons (Fsp3) is 0.273. The fourth-order valence-electron chi connectivity index (χ4n) is 3.71. The first-order valence-electron chi connectivity index (χ1n) is 10.0. The largest absolute Gasteiger partial charge is 0.491 e. The zero-order valence-corrected chi connectivity index (χ0v) is 17.5. The van der Waals surface area contributed by atoms with Crippen molar-refractivity contribution in [1.29, 1.82) is 0 Å². The maximum Gasteiger partial charge on any atom is 0.261 e. The van der Waals surface area contributed by atoms with Gasteiger partial charge in [-0.05, 0) is 25.1 Å². The molecule has 1 N–H and O–H groups in total. The molecule has 11 heteroatoms. The van der Waals surface area contributed by atoms with Gasteiger partial charge in [-0.15, -0.1) is 0 Å². The standard InChI is InChI=1S/C22H20F3N5O3/c1-14(30-13-27-20-9-16(33-7-6-23)3-4-17(20)21(30)31)22(32,10-29-12-26-11-28-29)18-5-2-15(24)8-19(18)25/h2-5,8-9,11-14,32H,6-7,10H2,1H3. The third-order valence-corrected chi connectivity index (χ3v) is 5.48. The number of alkyl halides is 1. The number of hydrogen-bond donors (Lipinski definition) is 1. The van der Waals surface area contributed by atoms with Crippen LogP contribution >= 0.6 is 0 Å². The lowest BCUT2D eigenvalue weighted by molar-refractivity contribution is -0.0343. The molecule has 8 nitrogen and oxygen atoms in total. The molecular weight excluding hydrogens is 439 g/mol. The summed E-state index contributed by atoms with van der Waals surface area (Å²) in [4.78, 5) is 21.3. The minimum atomic E-state index is -2.02. The monoisotopic (exact) mass is 459 g/mol. The van der Waals surface area contributed by atoms with Gasteiger partial charge in [0.25, 0.3) is 5.56 Å². The van der Waals surface area contributed by atoms with E-state index in [1.807, 2.05) is 0 Å². The Morgan fingerprint density at radius 3 is 2.70 bits per heavy atom. The lowest BCUT2D eigenvalue weighted by Gasteiger charge is -2.35. The molecule has 2 aromatic heterocycles. The molecule has 0 radical (unpaired) electrons. The molecular formula is C22H20F3N5O3. The van der Waals surface area contributed by atoms with Crippen LogP contribution in [0.25, 0.3) is 10.9 Å². The second-order valence-electron chi connectivity index (χ2n) is 7.49. The molecule has 0 aliphatic carbocycles. The lowest BCUT2D eigenvalue weighted by Crippen LogP contribution is -2.43. The first-order valence-corrected chi connectivity index (χ1v) is 10.0. The fourth-order valence-corrected chi connectivity index (χ4v) is 3.71. The summed E-state index contributed by atoms with van der Waals surface area (Å²) < 4.78 is 48.3. The summed E-state index contributed by atoms with van der Waals surface area (Å²) in [6.07, 6.45) is 3.81. The average molecular weight is 459 g/mol. The molecule has 4 rings (SSSR count). The van der Waals surface area contributed by atoms with Gasteiger partial charge in [0.15, 0.2) is 0 Å². The number of fused-ring (bicyclic) bond motifs is 1. The van der Waals surface area contributed by atoms with E-state index in [2.05, 4.69) is 15.1 Å². The zero-order chi connectivity index (χ0) is 23.6. The Morgan fingerprint density at radius 1 is 1.18 bits per heavy atom. The molecule has 172 valence electrons. The third kappa shape index (κ3) is 4.31. The van der Waals surface area contributed by atoms with Gasteiger partial charge in [-0.2, -0.15) is 5.10 Å². The molecule has 0 aliphatic rings. The van der Waals surface area contributed by atoms with Crippen LogP contribution in [-0.4, -0.2) is 42.7 Å². The quantitative estimate of drug-likeness (QED) is 0.436. The molecule has 0 spiro atoms. The topological polar surface area (TPSA) is 95.1 Å². The van der Waals surface area contributed by atoms with Crippen LogP contribution < -0.4 is 10.3 Å². The summed E-state index contributed by atoms with van der Waals surface area (Å²) in [5.74, 6) is -1.42. The number of hydrogen-bond acceptors (Lipinski definition) is 6. The Bertz CT molecular complexity index is 1330. The van der Waals surface area contributed by atoms with E-state index in [1.165, 1.54) is 53.4 Å². The van der Waals surface area contributed by atoms with Crippen LogP contribution in [0.15, 0.2) is 60.2 Å². The second kappa shape index (κ2) is 9.02. The Hall–Kier alpha value is -3.73. The summed E-state index contributed by atoms with van der Waals surface area (Å²) in [6.45, 7) is 0.470. The van der Waals surface area contributed by atoms with Crippen LogP contribution in [0.2, 0.25) is 0 Å². The normalized spacial score (nSPS) is 14.2. The zero-order valence-electron chi connectivity index (χ0n) is 17.5. The molecule has 0 fully saturated rings. The number of halogens is 3. The molecule has 4 aromatic rings. The van der Waals surface area contributed by atoms with Gasteiger partial charge >= 0.3 is 0 Å². The van der Waals surface area contributed by atoms with Crippen molar-refractivity contribution in [2.45, 2.75) is 25.1 Å². The Kier molecular flexibility index (Phi) is 6.14. The van der Waals surface area contributed by atoms with Crippen molar-refractivity contribution in [1.82, 2.24) is 24.3 Å². The van der Waals surface area contributed by atoms with Gasteiger partial charge in [0.1, 0.15) is 48.9 Å². The Morgan fingerprint density at radius 2 is 2.00 bits per heavy atom. The molecule has 33 heavy (non-hydrogen) atoms. The van der Waals surface area contributed by atoms with Crippen LogP contribution in [-0.2, 0) is 12.1 Å². The second-order valence-corrected chi connectivity index (χ2v) is 7.49. The molecule has 0 amide bonds. The van der Waals surface area contributed by atoms with Gasteiger partial charge in [0, 0.05) is 17.7 Å². The van der Waals surface area contributed by atoms with Crippen molar-refractivity contribution in [3.8, 4) is 5.75 Å². The summed E-state index contributed by atoms with van der Waals surface area (Å²) in [7, 11) is 0. The van der Waals surface area contributed by atoms with Crippen molar-refractivity contribution < 1.29 is 23.0 Å². The Labute approximate surface area is 185 Å². The van der Waals surface area contributed by atoms with Gasteiger partial charge in [0.2, 0.25) is 0 Å². The van der Waals surface area contributed by atoms with E-state index in [-0.39, 0.29) is 24.1 Å². The van der Waals surface area contributed by atoms with E-state index >= 15 is 0 Å².